The smallest absolute Gasteiger partial charge is 0.276 e. The van der Waals surface area contributed by atoms with Crippen LogP contribution in [-0.2, 0) is 11.2 Å². The monoisotopic (exact) mass is 404 g/mol. The molecule has 6 nitrogen and oxygen atoms in total. The molecule has 0 radical (unpaired) electrons. The van der Waals surface area contributed by atoms with Gasteiger partial charge in [0.2, 0.25) is 5.43 Å². The number of likely N-dealkylation sites (N-methyl/N-ethyl adjacent to an activating group) is 1. The SMILES string of the molecule is CCN1C(=O)c2c(OC)c(=O)c(I)c3n2[C@H](CC3)[C@H]1OC. The fourth-order valence-corrected chi connectivity index (χ4v) is 4.20. The van der Waals surface area contributed by atoms with Crippen LogP contribution in [0.25, 0.3) is 0 Å². The van der Waals surface area contributed by atoms with Crippen LogP contribution in [0.5, 0.6) is 5.75 Å². The number of hydrogen-bond donors (Lipinski definition) is 0. The van der Waals surface area contributed by atoms with Crippen molar-refractivity contribution in [3.05, 3.63) is 25.2 Å². The number of carbonyl (C=O) groups excluding carboxylic acids is 1. The van der Waals surface area contributed by atoms with Crippen LogP contribution < -0.4 is 10.2 Å². The Kier molecular flexibility index (Phi) is 3.73. The highest BCUT2D eigenvalue weighted by atomic mass is 127. The molecule has 0 saturated heterocycles. The minimum atomic E-state index is -0.292. The fourth-order valence-electron chi connectivity index (χ4n) is 3.43. The van der Waals surface area contributed by atoms with Crippen molar-refractivity contribution in [2.45, 2.75) is 32.0 Å². The first-order valence-corrected chi connectivity index (χ1v) is 7.99. The zero-order valence-corrected chi connectivity index (χ0v) is 14.3. The van der Waals surface area contributed by atoms with E-state index in [2.05, 4.69) is 0 Å². The molecule has 1 amide bonds. The topological polar surface area (TPSA) is 60.8 Å². The molecule has 3 heterocycles. The molecule has 0 unspecified atom stereocenters. The van der Waals surface area contributed by atoms with E-state index in [0.29, 0.717) is 15.8 Å². The number of amides is 1. The normalized spacial score (nSPS) is 23.4. The average molecular weight is 404 g/mol. The van der Waals surface area contributed by atoms with Crippen LogP contribution in [0.3, 0.4) is 0 Å². The van der Waals surface area contributed by atoms with Gasteiger partial charge in [-0.15, -0.1) is 0 Å². The fraction of sp³-hybridized carbons (Fsp3) is 0.571. The summed E-state index contributed by atoms with van der Waals surface area (Å²) >= 11 is 2.05. The van der Waals surface area contributed by atoms with Crippen LogP contribution >= 0.6 is 22.6 Å². The molecule has 0 spiro atoms. The highest BCUT2D eigenvalue weighted by Gasteiger charge is 2.45. The Hall–Kier alpha value is -1.09. The van der Waals surface area contributed by atoms with Crippen LogP contribution in [0.15, 0.2) is 4.79 Å². The summed E-state index contributed by atoms with van der Waals surface area (Å²) in [6.45, 7) is 2.44. The first kappa shape index (κ1) is 14.8. The van der Waals surface area contributed by atoms with Crippen LogP contribution in [0.4, 0.5) is 0 Å². The van der Waals surface area contributed by atoms with Crippen molar-refractivity contribution in [1.82, 2.24) is 9.47 Å². The summed E-state index contributed by atoms with van der Waals surface area (Å²) in [6.07, 6.45) is 1.34. The molecule has 7 heteroatoms. The van der Waals surface area contributed by atoms with Crippen molar-refractivity contribution in [2.24, 2.45) is 0 Å². The van der Waals surface area contributed by atoms with Gasteiger partial charge >= 0.3 is 0 Å². The minimum absolute atomic E-state index is 0.0423. The van der Waals surface area contributed by atoms with E-state index in [1.54, 1.807) is 12.0 Å². The second kappa shape index (κ2) is 5.28. The largest absolute Gasteiger partial charge is 0.491 e. The molecule has 21 heavy (non-hydrogen) atoms. The van der Waals surface area contributed by atoms with Gasteiger partial charge in [0, 0.05) is 19.3 Å². The van der Waals surface area contributed by atoms with Crippen LogP contribution in [0.1, 0.15) is 35.6 Å². The Balaban J connectivity index is 2.35. The molecule has 0 aliphatic carbocycles. The summed E-state index contributed by atoms with van der Waals surface area (Å²) in [6, 6.07) is 0.0423. The van der Waals surface area contributed by atoms with E-state index in [0.717, 1.165) is 18.5 Å². The third kappa shape index (κ3) is 1.86. The molecule has 0 bridgehead atoms. The number of ether oxygens (including phenoxy) is 2. The maximum Gasteiger partial charge on any atom is 0.276 e. The van der Waals surface area contributed by atoms with Gasteiger partial charge in [-0.2, -0.15) is 0 Å². The molecular weight excluding hydrogens is 387 g/mol. The number of halogens is 1. The standard InChI is InChI=1S/C14H17IN2O4/c1-4-16-13(19)10-12(20-2)11(18)9(15)7-5-6-8(17(7)10)14(16)21-3/h8,14H,4-6H2,1-3H3/t8-,14-/m1/s1. The average Bonchev–Trinajstić information content (AvgIpc) is 2.91. The number of nitrogens with zero attached hydrogens (tertiary/aromatic N) is 2. The van der Waals surface area contributed by atoms with E-state index < -0.39 is 0 Å². The lowest BCUT2D eigenvalue weighted by Gasteiger charge is -2.40. The molecule has 2 aliphatic rings. The lowest BCUT2D eigenvalue weighted by atomic mass is 10.1. The first-order valence-electron chi connectivity index (χ1n) is 6.91. The molecule has 0 N–H and O–H groups in total. The van der Waals surface area contributed by atoms with Gasteiger partial charge in [-0.05, 0) is 42.4 Å². The van der Waals surface area contributed by atoms with E-state index in [-0.39, 0.29) is 29.4 Å². The zero-order chi connectivity index (χ0) is 15.3. The van der Waals surface area contributed by atoms with E-state index >= 15 is 0 Å². The summed E-state index contributed by atoms with van der Waals surface area (Å²) in [5.41, 5.74) is 1.10. The molecule has 0 aromatic carbocycles. The maximum atomic E-state index is 12.8. The Labute approximate surface area is 136 Å². The first-order chi connectivity index (χ1) is 10.1. The lowest BCUT2D eigenvalue weighted by molar-refractivity contribution is -0.0573. The highest BCUT2D eigenvalue weighted by molar-refractivity contribution is 14.1. The second-order valence-electron chi connectivity index (χ2n) is 5.17. The Morgan fingerprint density at radius 3 is 2.62 bits per heavy atom. The predicted octanol–water partition coefficient (Wildman–Crippen LogP) is 1.40. The third-order valence-electron chi connectivity index (χ3n) is 4.30. The van der Waals surface area contributed by atoms with Crippen LogP contribution in [0.2, 0.25) is 0 Å². The summed E-state index contributed by atoms with van der Waals surface area (Å²) in [4.78, 5) is 26.9. The Bertz CT molecular complexity index is 670. The molecule has 2 aliphatic heterocycles. The van der Waals surface area contributed by atoms with Gasteiger partial charge in [0.25, 0.3) is 5.91 Å². The van der Waals surface area contributed by atoms with Crippen LogP contribution in [-0.4, -0.2) is 42.4 Å². The van der Waals surface area contributed by atoms with E-state index in [9.17, 15) is 9.59 Å². The van der Waals surface area contributed by atoms with Crippen molar-refractivity contribution in [1.29, 1.82) is 0 Å². The van der Waals surface area contributed by atoms with Gasteiger partial charge in [-0.25, -0.2) is 0 Å². The van der Waals surface area contributed by atoms with Gasteiger partial charge in [0.1, 0.15) is 0 Å². The molecule has 0 saturated carbocycles. The minimum Gasteiger partial charge on any atom is -0.491 e. The summed E-state index contributed by atoms with van der Waals surface area (Å²) < 4.78 is 13.4. The van der Waals surface area contributed by atoms with Gasteiger partial charge in [-0.3, -0.25) is 9.59 Å². The Morgan fingerprint density at radius 2 is 2.05 bits per heavy atom. The molecule has 1 aromatic heterocycles. The van der Waals surface area contributed by atoms with Gasteiger partial charge in [-0.1, -0.05) is 0 Å². The van der Waals surface area contributed by atoms with Crippen molar-refractivity contribution < 1.29 is 14.3 Å². The van der Waals surface area contributed by atoms with E-state index in [1.807, 2.05) is 34.1 Å². The second-order valence-corrected chi connectivity index (χ2v) is 6.24. The number of aromatic nitrogens is 1. The quantitative estimate of drug-likeness (QED) is 0.715. The van der Waals surface area contributed by atoms with Gasteiger partial charge < -0.3 is 18.9 Å². The number of methoxy groups -OCH3 is 2. The van der Waals surface area contributed by atoms with Gasteiger partial charge in [0.05, 0.1) is 16.7 Å². The zero-order valence-electron chi connectivity index (χ0n) is 12.2. The maximum absolute atomic E-state index is 12.8. The Morgan fingerprint density at radius 1 is 1.33 bits per heavy atom. The molecule has 114 valence electrons. The van der Waals surface area contributed by atoms with Crippen LogP contribution in [0, 0.1) is 3.57 Å². The number of pyridine rings is 1. The third-order valence-corrected chi connectivity index (χ3v) is 5.41. The summed E-state index contributed by atoms with van der Waals surface area (Å²) in [5, 5.41) is 0. The number of rotatable bonds is 3. The molecule has 0 fully saturated rings. The molecule has 1 aromatic rings. The van der Waals surface area contributed by atoms with Crippen molar-refractivity contribution in [3.8, 4) is 5.75 Å². The van der Waals surface area contributed by atoms with Crippen molar-refractivity contribution >= 4 is 28.5 Å². The molecular formula is C14H17IN2O4. The van der Waals surface area contributed by atoms with Gasteiger partial charge in [0.15, 0.2) is 17.7 Å². The summed E-state index contributed by atoms with van der Waals surface area (Å²) in [7, 11) is 3.06. The van der Waals surface area contributed by atoms with Crippen molar-refractivity contribution in [3.63, 3.8) is 0 Å². The van der Waals surface area contributed by atoms with E-state index in [1.165, 1.54) is 7.11 Å². The highest BCUT2D eigenvalue weighted by Crippen LogP contribution is 2.40. The molecule has 2 atom stereocenters. The number of hydrogen-bond acceptors (Lipinski definition) is 4. The number of carbonyl (C=O) groups is 1. The van der Waals surface area contributed by atoms with Crippen molar-refractivity contribution in [2.75, 3.05) is 20.8 Å². The summed E-state index contributed by atoms with van der Waals surface area (Å²) in [5.74, 6) is -0.0536. The molecule has 3 rings (SSSR count). The lowest BCUT2D eigenvalue weighted by Crippen LogP contribution is -2.51. The predicted molar refractivity (Wildman–Crippen MR) is 84.8 cm³/mol. The van der Waals surface area contributed by atoms with E-state index in [4.69, 9.17) is 9.47 Å².